The second kappa shape index (κ2) is 6.23. The second-order valence-electron chi connectivity index (χ2n) is 3.32. The van der Waals surface area contributed by atoms with E-state index in [0.717, 1.165) is 11.1 Å². The van der Waals surface area contributed by atoms with Crippen LogP contribution in [0.15, 0.2) is 12.1 Å². The molecule has 0 fully saturated rings. The average Bonchev–Trinajstić information content (AvgIpc) is 2.14. The maximum Gasteiger partial charge on any atom is 0.308 e. The van der Waals surface area contributed by atoms with E-state index in [4.69, 9.17) is 4.74 Å². The van der Waals surface area contributed by atoms with E-state index < -0.39 is 0 Å². The van der Waals surface area contributed by atoms with E-state index in [1.54, 1.807) is 0 Å². The topological polar surface area (TPSA) is 26.3 Å². The summed E-state index contributed by atoms with van der Waals surface area (Å²) in [5.74, 6) is 0.424. The molecular formula is C13H20O2. The molecule has 0 spiro atoms. The number of hydrogen-bond acceptors (Lipinski definition) is 2. The zero-order chi connectivity index (χ0) is 12.0. The zero-order valence-electron chi connectivity index (χ0n) is 10.5. The average molecular weight is 208 g/mol. The van der Waals surface area contributed by atoms with Crippen molar-refractivity contribution >= 4 is 5.97 Å². The van der Waals surface area contributed by atoms with Gasteiger partial charge in [0, 0.05) is 6.92 Å². The fraction of sp³-hybridized carbons (Fsp3) is 0.462. The quantitative estimate of drug-likeness (QED) is 0.521. The van der Waals surface area contributed by atoms with Crippen molar-refractivity contribution in [2.45, 2.75) is 41.5 Å². The van der Waals surface area contributed by atoms with Crippen molar-refractivity contribution < 1.29 is 9.53 Å². The fourth-order valence-corrected chi connectivity index (χ4v) is 1.47. The molecule has 15 heavy (non-hydrogen) atoms. The third-order valence-corrected chi connectivity index (χ3v) is 1.85. The summed E-state index contributed by atoms with van der Waals surface area (Å²) < 4.78 is 5.09. The SMILES string of the molecule is CC.CC(=O)Oc1c(C)cc(C)cc1C. The Morgan fingerprint density at radius 1 is 1.07 bits per heavy atom. The zero-order valence-corrected chi connectivity index (χ0v) is 10.5. The van der Waals surface area contributed by atoms with Crippen LogP contribution in [-0.2, 0) is 4.79 Å². The van der Waals surface area contributed by atoms with Gasteiger partial charge in [0.05, 0.1) is 0 Å². The van der Waals surface area contributed by atoms with Gasteiger partial charge >= 0.3 is 5.97 Å². The molecule has 2 heteroatoms. The molecule has 1 aromatic carbocycles. The van der Waals surface area contributed by atoms with Gasteiger partial charge in [0.2, 0.25) is 0 Å². The molecule has 0 saturated heterocycles. The smallest absolute Gasteiger partial charge is 0.308 e. The van der Waals surface area contributed by atoms with Crippen LogP contribution in [0.4, 0.5) is 0 Å². The minimum Gasteiger partial charge on any atom is -0.426 e. The number of carbonyl (C=O) groups is 1. The van der Waals surface area contributed by atoms with Crippen molar-refractivity contribution in [1.29, 1.82) is 0 Å². The number of aryl methyl sites for hydroxylation is 3. The fourth-order valence-electron chi connectivity index (χ4n) is 1.47. The van der Waals surface area contributed by atoms with Crippen molar-refractivity contribution in [2.75, 3.05) is 0 Å². The summed E-state index contributed by atoms with van der Waals surface area (Å²) in [6.45, 7) is 11.3. The Kier molecular flexibility index (Phi) is 5.68. The van der Waals surface area contributed by atoms with Crippen LogP contribution in [0.25, 0.3) is 0 Å². The van der Waals surface area contributed by atoms with Gasteiger partial charge in [0.25, 0.3) is 0 Å². The molecule has 0 heterocycles. The Balaban J connectivity index is 0.000000921. The lowest BCUT2D eigenvalue weighted by atomic mass is 10.1. The van der Waals surface area contributed by atoms with Crippen molar-refractivity contribution in [3.63, 3.8) is 0 Å². The molecule has 0 aromatic heterocycles. The number of carbonyl (C=O) groups excluding carboxylic acids is 1. The highest BCUT2D eigenvalue weighted by Gasteiger charge is 2.06. The monoisotopic (exact) mass is 208 g/mol. The predicted octanol–water partition coefficient (Wildman–Crippen LogP) is 3.56. The Hall–Kier alpha value is -1.31. The predicted molar refractivity (Wildman–Crippen MR) is 63.3 cm³/mol. The van der Waals surface area contributed by atoms with Crippen LogP contribution >= 0.6 is 0 Å². The molecule has 0 atom stereocenters. The second-order valence-corrected chi connectivity index (χ2v) is 3.32. The highest BCUT2D eigenvalue weighted by Crippen LogP contribution is 2.24. The van der Waals surface area contributed by atoms with Crippen LogP contribution in [0.5, 0.6) is 5.75 Å². The number of rotatable bonds is 1. The lowest BCUT2D eigenvalue weighted by Crippen LogP contribution is -2.04. The van der Waals surface area contributed by atoms with Crippen molar-refractivity contribution in [2.24, 2.45) is 0 Å². The van der Waals surface area contributed by atoms with Gasteiger partial charge in [0.15, 0.2) is 0 Å². The van der Waals surface area contributed by atoms with E-state index in [0.29, 0.717) is 5.75 Å². The summed E-state index contributed by atoms with van der Waals surface area (Å²) in [6.07, 6.45) is 0. The molecule has 0 aliphatic carbocycles. The summed E-state index contributed by atoms with van der Waals surface area (Å²) in [5.41, 5.74) is 3.20. The summed E-state index contributed by atoms with van der Waals surface area (Å²) in [6, 6.07) is 4.01. The first-order valence-corrected chi connectivity index (χ1v) is 5.27. The Labute approximate surface area is 92.3 Å². The molecule has 0 radical (unpaired) electrons. The van der Waals surface area contributed by atoms with Crippen molar-refractivity contribution in [1.82, 2.24) is 0 Å². The molecule has 1 aromatic rings. The molecule has 0 saturated carbocycles. The van der Waals surface area contributed by atoms with Crippen LogP contribution in [0.2, 0.25) is 0 Å². The lowest BCUT2D eigenvalue weighted by molar-refractivity contribution is -0.131. The van der Waals surface area contributed by atoms with E-state index >= 15 is 0 Å². The van der Waals surface area contributed by atoms with Gasteiger partial charge in [-0.25, -0.2) is 0 Å². The van der Waals surface area contributed by atoms with E-state index in [2.05, 4.69) is 0 Å². The Morgan fingerprint density at radius 3 is 1.80 bits per heavy atom. The highest BCUT2D eigenvalue weighted by atomic mass is 16.5. The van der Waals surface area contributed by atoms with E-state index in [1.807, 2.05) is 46.8 Å². The Morgan fingerprint density at radius 2 is 1.47 bits per heavy atom. The molecule has 0 aliphatic rings. The van der Waals surface area contributed by atoms with Gasteiger partial charge in [0.1, 0.15) is 5.75 Å². The third-order valence-electron chi connectivity index (χ3n) is 1.85. The first-order chi connectivity index (χ1) is 7.00. The van der Waals surface area contributed by atoms with Crippen LogP contribution in [-0.4, -0.2) is 5.97 Å². The molecule has 1 rings (SSSR count). The van der Waals surface area contributed by atoms with Crippen LogP contribution in [0.1, 0.15) is 37.5 Å². The lowest BCUT2D eigenvalue weighted by Gasteiger charge is -2.09. The molecule has 0 bridgehead atoms. The summed E-state index contributed by atoms with van der Waals surface area (Å²) in [4.78, 5) is 10.8. The van der Waals surface area contributed by atoms with Crippen LogP contribution < -0.4 is 4.74 Å². The van der Waals surface area contributed by atoms with Gasteiger partial charge in [-0.05, 0) is 31.9 Å². The van der Waals surface area contributed by atoms with Gasteiger partial charge in [-0.1, -0.05) is 31.5 Å². The minimum atomic E-state index is -0.268. The van der Waals surface area contributed by atoms with E-state index in [9.17, 15) is 4.79 Å². The van der Waals surface area contributed by atoms with Crippen LogP contribution in [0.3, 0.4) is 0 Å². The molecule has 0 amide bonds. The summed E-state index contributed by atoms with van der Waals surface area (Å²) >= 11 is 0. The van der Waals surface area contributed by atoms with Crippen LogP contribution in [0, 0.1) is 20.8 Å². The third kappa shape index (κ3) is 4.15. The van der Waals surface area contributed by atoms with E-state index in [1.165, 1.54) is 12.5 Å². The summed E-state index contributed by atoms with van der Waals surface area (Å²) in [5, 5.41) is 0. The highest BCUT2D eigenvalue weighted by molar-refractivity contribution is 5.70. The van der Waals surface area contributed by atoms with Gasteiger partial charge in [-0.2, -0.15) is 0 Å². The molecule has 2 nitrogen and oxygen atoms in total. The first-order valence-electron chi connectivity index (χ1n) is 5.27. The van der Waals surface area contributed by atoms with Crippen molar-refractivity contribution in [3.8, 4) is 5.75 Å². The normalized spacial score (nSPS) is 8.93. The summed E-state index contributed by atoms with van der Waals surface area (Å²) in [7, 11) is 0. The molecule has 0 N–H and O–H groups in total. The number of hydrogen-bond donors (Lipinski definition) is 0. The standard InChI is InChI=1S/C11H14O2.C2H6/c1-7-5-8(2)11(9(3)6-7)13-10(4)12;1-2/h5-6H,1-4H3;1-2H3. The molecule has 0 unspecified atom stereocenters. The number of esters is 1. The van der Waals surface area contributed by atoms with E-state index in [-0.39, 0.29) is 5.97 Å². The van der Waals surface area contributed by atoms with Gasteiger partial charge < -0.3 is 4.74 Å². The largest absolute Gasteiger partial charge is 0.426 e. The van der Waals surface area contributed by atoms with Gasteiger partial charge in [-0.3, -0.25) is 4.79 Å². The number of ether oxygens (including phenoxy) is 1. The Bertz CT molecular complexity index is 317. The molecule has 84 valence electrons. The molecular weight excluding hydrogens is 188 g/mol. The maximum absolute atomic E-state index is 10.8. The van der Waals surface area contributed by atoms with Gasteiger partial charge in [-0.15, -0.1) is 0 Å². The number of benzene rings is 1. The molecule has 0 aliphatic heterocycles. The van der Waals surface area contributed by atoms with Crippen molar-refractivity contribution in [3.05, 3.63) is 28.8 Å². The first kappa shape index (κ1) is 13.7. The minimum absolute atomic E-state index is 0.268. The maximum atomic E-state index is 10.8.